The van der Waals surface area contributed by atoms with Gasteiger partial charge in [-0.3, -0.25) is 9.69 Å². The fourth-order valence-corrected chi connectivity index (χ4v) is 5.59. The predicted molar refractivity (Wildman–Crippen MR) is 122 cm³/mol. The number of aromatic nitrogens is 3. The number of nitrogens with zero attached hydrogens (tertiary/aromatic N) is 6. The van der Waals surface area contributed by atoms with E-state index in [2.05, 4.69) is 19.9 Å². The third kappa shape index (κ3) is 4.38. The Balaban J connectivity index is 1.14. The monoisotopic (exact) mass is 438 g/mol. The molecule has 0 spiro atoms. The molecule has 2 aromatic heterocycles. The predicted octanol–water partition coefficient (Wildman–Crippen LogP) is 1.71. The van der Waals surface area contributed by atoms with Crippen LogP contribution in [0.5, 0.6) is 5.88 Å². The Kier molecular flexibility index (Phi) is 6.15. The van der Waals surface area contributed by atoms with Gasteiger partial charge >= 0.3 is 0 Å². The molecule has 8 nitrogen and oxygen atoms in total. The van der Waals surface area contributed by atoms with Gasteiger partial charge in [-0.1, -0.05) is 6.07 Å². The molecule has 2 aromatic rings. The van der Waals surface area contributed by atoms with E-state index in [1.807, 2.05) is 23.1 Å². The lowest BCUT2D eigenvalue weighted by molar-refractivity contribution is -0.130. The van der Waals surface area contributed by atoms with Gasteiger partial charge < -0.3 is 14.9 Å². The molecule has 1 N–H and O–H groups in total. The maximum absolute atomic E-state index is 11.5. The molecule has 4 heterocycles. The van der Waals surface area contributed by atoms with Gasteiger partial charge in [0.1, 0.15) is 0 Å². The zero-order valence-electron chi connectivity index (χ0n) is 19.0. The molecule has 32 heavy (non-hydrogen) atoms. The van der Waals surface area contributed by atoms with Crippen LogP contribution in [0, 0.1) is 5.92 Å². The summed E-state index contributed by atoms with van der Waals surface area (Å²) in [5, 5.41) is 15.5. The lowest BCUT2D eigenvalue weighted by atomic mass is 9.91. The number of likely N-dealkylation sites (tertiary alicyclic amines) is 1. The van der Waals surface area contributed by atoms with Crippen LogP contribution in [-0.4, -0.2) is 92.3 Å². The van der Waals surface area contributed by atoms with Crippen molar-refractivity contribution in [2.75, 3.05) is 45.8 Å². The third-order valence-electron chi connectivity index (χ3n) is 7.56. The topological polar surface area (TPSA) is 77.7 Å². The molecule has 2 fully saturated rings. The molecule has 0 radical (unpaired) electrons. The highest BCUT2D eigenvalue weighted by Crippen LogP contribution is 2.32. The van der Waals surface area contributed by atoms with Crippen LogP contribution in [0.15, 0.2) is 24.4 Å². The van der Waals surface area contributed by atoms with Crippen molar-refractivity contribution in [3.8, 4) is 11.7 Å². The Labute approximate surface area is 189 Å². The number of amides is 1. The molecule has 1 amide bonds. The fraction of sp³-hybridized carbons (Fsp3) is 0.625. The highest BCUT2D eigenvalue weighted by molar-refractivity contribution is 5.73. The average Bonchev–Trinajstić information content (AvgIpc) is 3.16. The number of carbonyl (C=O) groups excluding carboxylic acids is 1. The van der Waals surface area contributed by atoms with Gasteiger partial charge in [0.25, 0.3) is 0 Å². The minimum absolute atomic E-state index is 0.212. The van der Waals surface area contributed by atoms with E-state index in [0.717, 1.165) is 89.2 Å². The highest BCUT2D eigenvalue weighted by atomic mass is 16.3. The highest BCUT2D eigenvalue weighted by Gasteiger charge is 2.32. The van der Waals surface area contributed by atoms with E-state index in [4.69, 9.17) is 0 Å². The first-order valence-electron chi connectivity index (χ1n) is 12.0. The number of carbonyl (C=O) groups is 1. The molecule has 0 aromatic carbocycles. The number of pyridine rings is 1. The molecular formula is C24H34N6O2. The minimum Gasteiger partial charge on any atom is -0.493 e. The summed E-state index contributed by atoms with van der Waals surface area (Å²) in [6.07, 6.45) is 6.84. The molecule has 2 aliphatic heterocycles. The van der Waals surface area contributed by atoms with Crippen LogP contribution in [0.25, 0.3) is 5.82 Å². The van der Waals surface area contributed by atoms with Crippen molar-refractivity contribution in [1.29, 1.82) is 0 Å². The summed E-state index contributed by atoms with van der Waals surface area (Å²) < 4.78 is 1.59. The summed E-state index contributed by atoms with van der Waals surface area (Å²) in [4.78, 5) is 23.1. The number of piperazine rings is 1. The molecule has 8 heteroatoms. The summed E-state index contributed by atoms with van der Waals surface area (Å²) >= 11 is 0. The summed E-state index contributed by atoms with van der Waals surface area (Å²) in [6, 6.07) is 6.13. The van der Waals surface area contributed by atoms with E-state index < -0.39 is 0 Å². The van der Waals surface area contributed by atoms with E-state index in [1.54, 1.807) is 17.8 Å². The first-order valence-corrected chi connectivity index (χ1v) is 12.0. The maximum atomic E-state index is 11.5. The Bertz CT molecular complexity index is 929. The van der Waals surface area contributed by atoms with Crippen LogP contribution in [0.2, 0.25) is 0 Å². The number of hydrogen-bond acceptors (Lipinski definition) is 6. The first-order chi connectivity index (χ1) is 15.6. The second kappa shape index (κ2) is 9.19. The zero-order valence-corrected chi connectivity index (χ0v) is 19.0. The molecular weight excluding hydrogens is 404 g/mol. The quantitative estimate of drug-likeness (QED) is 0.783. The van der Waals surface area contributed by atoms with Gasteiger partial charge in [-0.2, -0.15) is 9.78 Å². The van der Waals surface area contributed by atoms with Crippen LogP contribution in [0.1, 0.15) is 37.4 Å². The molecule has 5 rings (SSSR count). The van der Waals surface area contributed by atoms with Crippen LogP contribution >= 0.6 is 0 Å². The summed E-state index contributed by atoms with van der Waals surface area (Å²) in [5.41, 5.74) is 2.01. The van der Waals surface area contributed by atoms with Gasteiger partial charge in [-0.25, -0.2) is 4.98 Å². The van der Waals surface area contributed by atoms with Gasteiger partial charge in [0.2, 0.25) is 11.8 Å². The van der Waals surface area contributed by atoms with Crippen molar-refractivity contribution in [1.82, 2.24) is 29.5 Å². The summed E-state index contributed by atoms with van der Waals surface area (Å²) in [5.74, 6) is 1.84. The Morgan fingerprint density at radius 3 is 2.56 bits per heavy atom. The number of fused-ring (bicyclic) bond motifs is 1. The van der Waals surface area contributed by atoms with Crippen LogP contribution in [0.3, 0.4) is 0 Å². The molecule has 1 aliphatic carbocycles. The fourth-order valence-electron chi connectivity index (χ4n) is 5.59. The lowest BCUT2D eigenvalue weighted by Gasteiger charge is -2.42. The van der Waals surface area contributed by atoms with Crippen molar-refractivity contribution in [3.63, 3.8) is 0 Å². The van der Waals surface area contributed by atoms with Crippen molar-refractivity contribution < 1.29 is 9.90 Å². The van der Waals surface area contributed by atoms with E-state index >= 15 is 0 Å². The second-order valence-electron chi connectivity index (χ2n) is 9.53. The SMILES string of the molecule is CC(=O)N1CCC(CN2CCN(C3CCc4nn(-c5ccccn5)c(O)c4C3)CC2)CC1. The normalized spacial score (nSPS) is 23.3. The van der Waals surface area contributed by atoms with Crippen molar-refractivity contribution in [2.24, 2.45) is 5.92 Å². The molecule has 1 atom stereocenters. The molecule has 0 bridgehead atoms. The van der Waals surface area contributed by atoms with Gasteiger partial charge in [0.15, 0.2) is 5.82 Å². The largest absolute Gasteiger partial charge is 0.493 e. The smallest absolute Gasteiger partial charge is 0.219 e. The average molecular weight is 439 g/mol. The molecule has 3 aliphatic rings. The Morgan fingerprint density at radius 2 is 1.88 bits per heavy atom. The van der Waals surface area contributed by atoms with E-state index in [0.29, 0.717) is 17.8 Å². The maximum Gasteiger partial charge on any atom is 0.219 e. The first kappa shape index (κ1) is 21.4. The third-order valence-corrected chi connectivity index (χ3v) is 7.56. The lowest BCUT2D eigenvalue weighted by Crippen LogP contribution is -2.53. The van der Waals surface area contributed by atoms with Gasteiger partial charge in [-0.05, 0) is 50.2 Å². The molecule has 2 saturated heterocycles. The Morgan fingerprint density at radius 1 is 1.09 bits per heavy atom. The van der Waals surface area contributed by atoms with Crippen molar-refractivity contribution >= 4 is 5.91 Å². The number of piperidine rings is 1. The summed E-state index contributed by atoms with van der Waals surface area (Å²) in [6.45, 7) is 9.05. The molecule has 172 valence electrons. The van der Waals surface area contributed by atoms with E-state index in [9.17, 15) is 9.90 Å². The standard InChI is InChI=1S/C24H34N6O2/c1-18(31)28-10-7-19(8-11-28)17-27-12-14-29(15-13-27)20-5-6-22-21(16-20)24(32)30(26-22)23-4-2-3-9-25-23/h2-4,9,19-20,32H,5-8,10-17H2,1H3. The second-order valence-corrected chi connectivity index (χ2v) is 9.53. The van der Waals surface area contributed by atoms with Crippen LogP contribution in [-0.2, 0) is 17.6 Å². The van der Waals surface area contributed by atoms with Crippen molar-refractivity contribution in [2.45, 2.75) is 45.1 Å². The zero-order chi connectivity index (χ0) is 22.1. The van der Waals surface area contributed by atoms with E-state index in [1.165, 1.54) is 0 Å². The Hall–Kier alpha value is -2.45. The van der Waals surface area contributed by atoms with Gasteiger partial charge in [0.05, 0.1) is 5.69 Å². The minimum atomic E-state index is 0.212. The number of aromatic hydroxyl groups is 1. The molecule has 0 saturated carbocycles. The number of rotatable bonds is 4. The molecule has 1 unspecified atom stereocenters. The van der Waals surface area contributed by atoms with Gasteiger partial charge in [0, 0.05) is 70.5 Å². The number of aryl methyl sites for hydroxylation is 1. The van der Waals surface area contributed by atoms with Crippen LogP contribution < -0.4 is 0 Å². The number of hydrogen-bond donors (Lipinski definition) is 1. The summed E-state index contributed by atoms with van der Waals surface area (Å²) in [7, 11) is 0. The van der Waals surface area contributed by atoms with Gasteiger partial charge in [-0.15, -0.1) is 0 Å². The van der Waals surface area contributed by atoms with Crippen LogP contribution in [0.4, 0.5) is 0 Å². The van der Waals surface area contributed by atoms with E-state index in [-0.39, 0.29) is 11.8 Å². The van der Waals surface area contributed by atoms with Crippen molar-refractivity contribution in [3.05, 3.63) is 35.7 Å².